The van der Waals surface area contributed by atoms with Crippen molar-refractivity contribution in [3.63, 3.8) is 0 Å². The number of carbonyl (C=O) groups excluding carboxylic acids is 1. The normalized spacial score (nSPS) is 16.0. The number of benzene rings is 2. The van der Waals surface area contributed by atoms with Gasteiger partial charge in [-0.05, 0) is 42.2 Å². The van der Waals surface area contributed by atoms with Crippen LogP contribution < -0.4 is 10.1 Å². The standard InChI is InChI=1S/C22H25NO2/c1-25-20-12-9-18(10-13-20)11-14-21(24)23-17-22(15-5-6-16-22)19-7-3-2-4-8-19/h2-4,7-14H,5-6,15-17H2,1H3,(H,23,24). The summed E-state index contributed by atoms with van der Waals surface area (Å²) < 4.78 is 5.14. The minimum atomic E-state index is -0.0435. The van der Waals surface area contributed by atoms with E-state index in [-0.39, 0.29) is 11.3 Å². The maximum Gasteiger partial charge on any atom is 0.244 e. The summed E-state index contributed by atoms with van der Waals surface area (Å²) in [5.41, 5.74) is 2.41. The molecule has 1 amide bonds. The van der Waals surface area contributed by atoms with E-state index in [1.807, 2.05) is 36.4 Å². The third-order valence-electron chi connectivity index (χ3n) is 5.09. The summed E-state index contributed by atoms with van der Waals surface area (Å²) in [6.45, 7) is 0.697. The fourth-order valence-electron chi connectivity index (χ4n) is 3.61. The lowest BCUT2D eigenvalue weighted by atomic mass is 9.79. The summed E-state index contributed by atoms with van der Waals surface area (Å²) in [6.07, 6.45) is 8.17. The average molecular weight is 335 g/mol. The van der Waals surface area contributed by atoms with Crippen molar-refractivity contribution < 1.29 is 9.53 Å². The van der Waals surface area contributed by atoms with E-state index in [0.29, 0.717) is 6.54 Å². The predicted octanol–water partition coefficient (Wildman–Crippen LogP) is 4.34. The monoisotopic (exact) mass is 335 g/mol. The zero-order valence-electron chi connectivity index (χ0n) is 14.7. The molecule has 0 bridgehead atoms. The van der Waals surface area contributed by atoms with Gasteiger partial charge in [0.05, 0.1) is 7.11 Å². The van der Waals surface area contributed by atoms with Crippen LogP contribution in [-0.4, -0.2) is 19.6 Å². The third kappa shape index (κ3) is 4.30. The molecule has 1 aliphatic carbocycles. The topological polar surface area (TPSA) is 38.3 Å². The van der Waals surface area contributed by atoms with Crippen LogP contribution in [0.15, 0.2) is 60.7 Å². The first-order valence-electron chi connectivity index (χ1n) is 8.87. The van der Waals surface area contributed by atoms with Crippen LogP contribution in [-0.2, 0) is 10.2 Å². The molecule has 25 heavy (non-hydrogen) atoms. The summed E-state index contributed by atoms with van der Waals surface area (Å²) in [4.78, 5) is 12.2. The molecule has 3 heteroatoms. The summed E-state index contributed by atoms with van der Waals surface area (Å²) in [6, 6.07) is 18.2. The lowest BCUT2D eigenvalue weighted by molar-refractivity contribution is -0.116. The van der Waals surface area contributed by atoms with Crippen molar-refractivity contribution in [3.8, 4) is 5.75 Å². The Morgan fingerprint density at radius 2 is 1.76 bits per heavy atom. The van der Waals surface area contributed by atoms with Crippen LogP contribution in [0, 0.1) is 0 Å². The van der Waals surface area contributed by atoms with Crippen molar-refractivity contribution in [3.05, 3.63) is 71.8 Å². The molecule has 0 aromatic heterocycles. The van der Waals surface area contributed by atoms with E-state index >= 15 is 0 Å². The van der Waals surface area contributed by atoms with Crippen LogP contribution >= 0.6 is 0 Å². The molecule has 1 N–H and O–H groups in total. The van der Waals surface area contributed by atoms with Crippen molar-refractivity contribution in [1.29, 1.82) is 0 Å². The van der Waals surface area contributed by atoms with Crippen molar-refractivity contribution in [2.45, 2.75) is 31.1 Å². The van der Waals surface area contributed by atoms with Crippen molar-refractivity contribution in [2.75, 3.05) is 13.7 Å². The number of carbonyl (C=O) groups is 1. The molecule has 2 aromatic rings. The first kappa shape index (κ1) is 17.3. The number of amides is 1. The molecule has 0 aliphatic heterocycles. The van der Waals surface area contributed by atoms with Crippen LogP contribution in [0.3, 0.4) is 0 Å². The molecular formula is C22H25NO2. The highest BCUT2D eigenvalue weighted by Crippen LogP contribution is 2.40. The highest BCUT2D eigenvalue weighted by Gasteiger charge is 2.35. The fourth-order valence-corrected chi connectivity index (χ4v) is 3.61. The Morgan fingerprint density at radius 1 is 1.08 bits per heavy atom. The van der Waals surface area contributed by atoms with Crippen LogP contribution in [0.25, 0.3) is 6.08 Å². The number of nitrogens with one attached hydrogen (secondary N) is 1. The van der Waals surface area contributed by atoms with E-state index in [9.17, 15) is 4.79 Å². The van der Waals surface area contributed by atoms with Gasteiger partial charge in [0.15, 0.2) is 0 Å². The van der Waals surface area contributed by atoms with Gasteiger partial charge in [-0.1, -0.05) is 55.3 Å². The highest BCUT2D eigenvalue weighted by atomic mass is 16.5. The Balaban J connectivity index is 1.61. The zero-order valence-corrected chi connectivity index (χ0v) is 14.7. The average Bonchev–Trinajstić information content (AvgIpc) is 3.16. The van der Waals surface area contributed by atoms with Gasteiger partial charge in [0.1, 0.15) is 5.75 Å². The first-order chi connectivity index (χ1) is 12.2. The van der Waals surface area contributed by atoms with Crippen LogP contribution in [0.2, 0.25) is 0 Å². The van der Waals surface area contributed by atoms with Gasteiger partial charge in [0.25, 0.3) is 0 Å². The summed E-state index contributed by atoms with van der Waals surface area (Å²) in [5.74, 6) is 0.769. The van der Waals surface area contributed by atoms with Gasteiger partial charge in [-0.15, -0.1) is 0 Å². The van der Waals surface area contributed by atoms with Gasteiger partial charge in [0, 0.05) is 18.0 Å². The number of methoxy groups -OCH3 is 1. The Kier molecular flexibility index (Phi) is 5.54. The summed E-state index contributed by atoms with van der Waals surface area (Å²) in [5, 5.41) is 3.11. The minimum Gasteiger partial charge on any atom is -0.497 e. The van der Waals surface area contributed by atoms with Gasteiger partial charge >= 0.3 is 0 Å². The van der Waals surface area contributed by atoms with Gasteiger partial charge in [0.2, 0.25) is 5.91 Å². The van der Waals surface area contributed by atoms with Gasteiger partial charge < -0.3 is 10.1 Å². The summed E-state index contributed by atoms with van der Waals surface area (Å²) >= 11 is 0. The van der Waals surface area contributed by atoms with E-state index in [1.165, 1.54) is 18.4 Å². The second kappa shape index (κ2) is 8.02. The molecule has 0 saturated heterocycles. The Morgan fingerprint density at radius 3 is 2.40 bits per heavy atom. The lowest BCUT2D eigenvalue weighted by Gasteiger charge is -2.29. The van der Waals surface area contributed by atoms with E-state index in [4.69, 9.17) is 4.74 Å². The predicted molar refractivity (Wildman–Crippen MR) is 102 cm³/mol. The first-order valence-corrected chi connectivity index (χ1v) is 8.87. The molecule has 0 spiro atoms. The molecular weight excluding hydrogens is 310 g/mol. The van der Waals surface area contributed by atoms with Gasteiger partial charge in [-0.25, -0.2) is 0 Å². The minimum absolute atomic E-state index is 0.0435. The maximum absolute atomic E-state index is 12.2. The summed E-state index contributed by atoms with van der Waals surface area (Å²) in [7, 11) is 1.64. The molecule has 3 rings (SSSR count). The molecule has 0 atom stereocenters. The lowest BCUT2D eigenvalue weighted by Crippen LogP contribution is -2.38. The number of hydrogen-bond acceptors (Lipinski definition) is 2. The maximum atomic E-state index is 12.2. The molecule has 3 nitrogen and oxygen atoms in total. The molecule has 1 saturated carbocycles. The smallest absolute Gasteiger partial charge is 0.244 e. The van der Waals surface area contributed by atoms with E-state index < -0.39 is 0 Å². The Hall–Kier alpha value is -2.55. The van der Waals surface area contributed by atoms with Crippen molar-refractivity contribution in [1.82, 2.24) is 5.32 Å². The van der Waals surface area contributed by atoms with Crippen LogP contribution in [0.4, 0.5) is 0 Å². The molecule has 0 unspecified atom stereocenters. The van der Waals surface area contributed by atoms with Gasteiger partial charge in [-0.2, -0.15) is 0 Å². The molecule has 0 heterocycles. The Labute approximate surface area is 149 Å². The Bertz CT molecular complexity index is 713. The SMILES string of the molecule is COc1ccc(C=CC(=O)NCC2(c3ccccc3)CCCC2)cc1. The second-order valence-corrected chi connectivity index (χ2v) is 6.68. The second-order valence-electron chi connectivity index (χ2n) is 6.68. The van der Waals surface area contributed by atoms with Crippen molar-refractivity contribution in [2.24, 2.45) is 0 Å². The van der Waals surface area contributed by atoms with E-state index in [2.05, 4.69) is 29.6 Å². The van der Waals surface area contributed by atoms with E-state index in [0.717, 1.165) is 24.2 Å². The fraction of sp³-hybridized carbons (Fsp3) is 0.318. The largest absolute Gasteiger partial charge is 0.497 e. The zero-order chi connectivity index (χ0) is 17.5. The number of rotatable bonds is 6. The van der Waals surface area contributed by atoms with Crippen LogP contribution in [0.5, 0.6) is 5.75 Å². The molecule has 1 aliphatic rings. The van der Waals surface area contributed by atoms with Crippen molar-refractivity contribution >= 4 is 12.0 Å². The molecule has 2 aromatic carbocycles. The third-order valence-corrected chi connectivity index (χ3v) is 5.09. The number of hydrogen-bond donors (Lipinski definition) is 1. The molecule has 0 radical (unpaired) electrons. The quantitative estimate of drug-likeness (QED) is 0.798. The van der Waals surface area contributed by atoms with Crippen LogP contribution in [0.1, 0.15) is 36.8 Å². The van der Waals surface area contributed by atoms with Gasteiger partial charge in [-0.3, -0.25) is 4.79 Å². The molecule has 1 fully saturated rings. The number of ether oxygens (including phenoxy) is 1. The molecule has 130 valence electrons. The van der Waals surface area contributed by atoms with E-state index in [1.54, 1.807) is 13.2 Å². The highest BCUT2D eigenvalue weighted by molar-refractivity contribution is 5.91.